The number of rotatable bonds is 7. The van der Waals surface area contributed by atoms with Crippen molar-refractivity contribution >= 4 is 38.9 Å². The van der Waals surface area contributed by atoms with Crippen LogP contribution in [0.4, 0.5) is 11.4 Å². The van der Waals surface area contributed by atoms with Gasteiger partial charge in [-0.1, -0.05) is 41.9 Å². The van der Waals surface area contributed by atoms with Gasteiger partial charge in [0, 0.05) is 5.56 Å². The van der Waals surface area contributed by atoms with Gasteiger partial charge < -0.3 is 10.1 Å². The highest BCUT2D eigenvalue weighted by Gasteiger charge is 2.21. The van der Waals surface area contributed by atoms with E-state index in [1.54, 1.807) is 49.4 Å². The Balaban J connectivity index is 1.90. The van der Waals surface area contributed by atoms with Gasteiger partial charge in [-0.05, 0) is 55.8 Å². The maximum atomic E-state index is 12.9. The lowest BCUT2D eigenvalue weighted by Gasteiger charge is -2.14. The van der Waals surface area contributed by atoms with Crippen LogP contribution in [-0.4, -0.2) is 20.9 Å². The second-order valence-corrected chi connectivity index (χ2v) is 8.51. The number of amides is 1. The minimum absolute atomic E-state index is 0.0161. The molecular weight excluding hydrogens is 424 g/mol. The van der Waals surface area contributed by atoms with Crippen molar-refractivity contribution in [2.75, 3.05) is 16.6 Å². The Labute approximate surface area is 180 Å². The van der Waals surface area contributed by atoms with E-state index < -0.39 is 15.9 Å². The highest BCUT2D eigenvalue weighted by atomic mass is 35.5. The number of nitrogens with one attached hydrogen (secondary N) is 2. The van der Waals surface area contributed by atoms with Gasteiger partial charge in [-0.3, -0.25) is 9.52 Å². The average Bonchev–Trinajstić information content (AvgIpc) is 2.71. The van der Waals surface area contributed by atoms with E-state index in [-0.39, 0.29) is 15.5 Å². The van der Waals surface area contributed by atoms with Gasteiger partial charge in [0.25, 0.3) is 15.9 Å². The fourth-order valence-corrected chi connectivity index (χ4v) is 4.44. The minimum atomic E-state index is -4.00. The third-order valence-electron chi connectivity index (χ3n) is 4.31. The van der Waals surface area contributed by atoms with Gasteiger partial charge >= 0.3 is 0 Å². The van der Waals surface area contributed by atoms with Crippen molar-refractivity contribution < 1.29 is 17.9 Å². The monoisotopic (exact) mass is 444 g/mol. The Bertz CT molecular complexity index is 1180. The van der Waals surface area contributed by atoms with E-state index in [1.807, 2.05) is 13.0 Å². The summed E-state index contributed by atoms with van der Waals surface area (Å²) in [6.07, 6.45) is 0. The summed E-state index contributed by atoms with van der Waals surface area (Å²) in [4.78, 5) is 12.6. The van der Waals surface area contributed by atoms with Crippen LogP contribution < -0.4 is 14.8 Å². The maximum absolute atomic E-state index is 12.9. The number of carbonyl (C=O) groups excluding carboxylic acids is 1. The molecule has 3 aromatic carbocycles. The molecule has 156 valence electrons. The highest BCUT2D eigenvalue weighted by molar-refractivity contribution is 7.92. The molecule has 3 aromatic rings. The number of anilines is 2. The lowest BCUT2D eigenvalue weighted by molar-refractivity contribution is 0.102. The molecule has 1 amide bonds. The first kappa shape index (κ1) is 21.7. The van der Waals surface area contributed by atoms with Crippen molar-refractivity contribution in [2.24, 2.45) is 0 Å². The van der Waals surface area contributed by atoms with Gasteiger partial charge in [0.1, 0.15) is 10.6 Å². The van der Waals surface area contributed by atoms with Crippen LogP contribution in [0.25, 0.3) is 0 Å². The summed E-state index contributed by atoms with van der Waals surface area (Å²) in [5.41, 5.74) is 1.84. The Hall–Kier alpha value is -3.03. The quantitative estimate of drug-likeness (QED) is 0.531. The first-order valence-corrected chi connectivity index (χ1v) is 11.1. The van der Waals surface area contributed by atoms with Gasteiger partial charge in [-0.15, -0.1) is 0 Å². The average molecular weight is 445 g/mol. The summed E-state index contributed by atoms with van der Waals surface area (Å²) < 4.78 is 33.8. The van der Waals surface area contributed by atoms with E-state index in [2.05, 4.69) is 10.0 Å². The molecule has 0 radical (unpaired) electrons. The molecule has 0 aromatic heterocycles. The number of ether oxygens (including phenoxy) is 1. The normalized spacial score (nSPS) is 11.0. The zero-order chi connectivity index (χ0) is 21.7. The Morgan fingerprint density at radius 2 is 1.67 bits per heavy atom. The number of carbonyl (C=O) groups is 1. The van der Waals surface area contributed by atoms with Crippen LogP contribution in [0.1, 0.15) is 22.8 Å². The predicted octanol–water partition coefficient (Wildman–Crippen LogP) is 5.10. The number of para-hydroxylation sites is 3. The van der Waals surface area contributed by atoms with Crippen molar-refractivity contribution in [2.45, 2.75) is 18.7 Å². The Kier molecular flexibility index (Phi) is 6.64. The van der Waals surface area contributed by atoms with Crippen LogP contribution in [-0.2, 0) is 10.0 Å². The van der Waals surface area contributed by atoms with Crippen molar-refractivity contribution in [3.05, 3.63) is 82.9 Å². The Morgan fingerprint density at radius 3 is 2.37 bits per heavy atom. The zero-order valence-corrected chi connectivity index (χ0v) is 18.0. The van der Waals surface area contributed by atoms with Gasteiger partial charge in [0.2, 0.25) is 0 Å². The van der Waals surface area contributed by atoms with Crippen molar-refractivity contribution in [3.63, 3.8) is 0 Å². The maximum Gasteiger partial charge on any atom is 0.263 e. The van der Waals surface area contributed by atoms with E-state index in [9.17, 15) is 13.2 Å². The molecule has 30 heavy (non-hydrogen) atoms. The molecule has 0 fully saturated rings. The lowest BCUT2D eigenvalue weighted by atomic mass is 10.2. The third kappa shape index (κ3) is 4.93. The fraction of sp³-hybridized carbons (Fsp3) is 0.136. The van der Waals surface area contributed by atoms with Crippen molar-refractivity contribution in [3.8, 4) is 5.75 Å². The number of aryl methyl sites for hydroxylation is 1. The molecule has 6 nitrogen and oxygen atoms in total. The number of halogens is 1. The second-order valence-electron chi connectivity index (χ2n) is 6.45. The van der Waals surface area contributed by atoms with Crippen LogP contribution in [0, 0.1) is 6.92 Å². The van der Waals surface area contributed by atoms with Gasteiger partial charge in [0.05, 0.1) is 23.0 Å². The molecule has 0 bridgehead atoms. The van der Waals surface area contributed by atoms with E-state index in [4.69, 9.17) is 16.3 Å². The molecule has 0 aliphatic rings. The van der Waals surface area contributed by atoms with E-state index >= 15 is 0 Å². The summed E-state index contributed by atoms with van der Waals surface area (Å²) in [6.45, 7) is 4.08. The first-order valence-electron chi connectivity index (χ1n) is 9.23. The first-order chi connectivity index (χ1) is 14.3. The molecule has 0 aliphatic carbocycles. The largest absolute Gasteiger partial charge is 0.492 e. The molecule has 3 rings (SSSR count). The molecule has 0 unspecified atom stereocenters. The SMILES string of the molecule is CCOc1ccccc1NC(=O)c1ccc(Cl)c(S(=O)(=O)Nc2ccccc2C)c1. The summed E-state index contributed by atoms with van der Waals surface area (Å²) in [7, 11) is -4.00. The van der Waals surface area contributed by atoms with Crippen LogP contribution >= 0.6 is 11.6 Å². The zero-order valence-electron chi connectivity index (χ0n) is 16.5. The van der Waals surface area contributed by atoms with Crippen LogP contribution in [0.2, 0.25) is 5.02 Å². The third-order valence-corrected chi connectivity index (χ3v) is 6.15. The lowest BCUT2D eigenvalue weighted by Crippen LogP contribution is -2.17. The van der Waals surface area contributed by atoms with Crippen molar-refractivity contribution in [1.29, 1.82) is 0 Å². The molecule has 2 N–H and O–H groups in total. The highest BCUT2D eigenvalue weighted by Crippen LogP contribution is 2.28. The summed E-state index contributed by atoms with van der Waals surface area (Å²) >= 11 is 6.15. The number of hydrogen-bond acceptors (Lipinski definition) is 4. The van der Waals surface area contributed by atoms with Crippen LogP contribution in [0.3, 0.4) is 0 Å². The van der Waals surface area contributed by atoms with Crippen LogP contribution in [0.15, 0.2) is 71.6 Å². The Morgan fingerprint density at radius 1 is 1.00 bits per heavy atom. The number of hydrogen-bond donors (Lipinski definition) is 2. The van der Waals surface area contributed by atoms with Gasteiger partial charge in [-0.25, -0.2) is 8.42 Å². The predicted molar refractivity (Wildman–Crippen MR) is 119 cm³/mol. The minimum Gasteiger partial charge on any atom is -0.492 e. The summed E-state index contributed by atoms with van der Waals surface area (Å²) in [6, 6.07) is 18.1. The second kappa shape index (κ2) is 9.19. The van der Waals surface area contributed by atoms with E-state index in [1.165, 1.54) is 18.2 Å². The topological polar surface area (TPSA) is 84.5 Å². The summed E-state index contributed by atoms with van der Waals surface area (Å²) in [5.74, 6) is 0.0440. The van der Waals surface area contributed by atoms with Gasteiger partial charge in [0.15, 0.2) is 0 Å². The standard InChI is InChI=1S/C22H21ClN2O4S/c1-3-29-20-11-7-6-10-19(20)24-22(26)16-12-13-17(23)21(14-16)30(27,28)25-18-9-5-4-8-15(18)2/h4-14,25H,3H2,1-2H3,(H,24,26). The molecule has 8 heteroatoms. The molecule has 0 atom stereocenters. The summed E-state index contributed by atoms with van der Waals surface area (Å²) in [5, 5.41) is 2.76. The number of benzene rings is 3. The number of sulfonamides is 1. The van der Waals surface area contributed by atoms with Crippen LogP contribution in [0.5, 0.6) is 5.75 Å². The molecule has 0 saturated carbocycles. The van der Waals surface area contributed by atoms with E-state index in [0.717, 1.165) is 5.56 Å². The molecule has 0 aliphatic heterocycles. The fourth-order valence-electron chi connectivity index (χ4n) is 2.78. The van der Waals surface area contributed by atoms with E-state index in [0.29, 0.717) is 23.7 Å². The van der Waals surface area contributed by atoms with Gasteiger partial charge in [-0.2, -0.15) is 0 Å². The molecule has 0 spiro atoms. The molecule has 0 saturated heterocycles. The van der Waals surface area contributed by atoms with Crippen molar-refractivity contribution in [1.82, 2.24) is 0 Å². The molecule has 0 heterocycles. The smallest absolute Gasteiger partial charge is 0.263 e. The molecular formula is C22H21ClN2O4S.